The van der Waals surface area contributed by atoms with Gasteiger partial charge in [-0.15, -0.1) is 0 Å². The Morgan fingerprint density at radius 2 is 1.57 bits per heavy atom. The molecule has 3 rings (SSSR count). The Labute approximate surface area is 254 Å². The molecule has 0 radical (unpaired) electrons. The van der Waals surface area contributed by atoms with Crippen LogP contribution in [0.5, 0.6) is 0 Å². The molecule has 0 aromatic heterocycles. The lowest BCUT2D eigenvalue weighted by molar-refractivity contribution is -0.140. The second-order valence-electron chi connectivity index (χ2n) is 9.29. The topological polar surface area (TPSA) is 86.8 Å². The van der Waals surface area contributed by atoms with Crippen LogP contribution in [0.4, 0.5) is 5.69 Å². The largest absolute Gasteiger partial charge is 0.354 e. The molecule has 0 unspecified atom stereocenters. The van der Waals surface area contributed by atoms with Crippen LogP contribution in [0.3, 0.4) is 0 Å². The lowest BCUT2D eigenvalue weighted by Gasteiger charge is -2.34. The van der Waals surface area contributed by atoms with Crippen LogP contribution in [-0.4, -0.2) is 50.5 Å². The Morgan fingerprint density at radius 3 is 2.17 bits per heavy atom. The summed E-state index contributed by atoms with van der Waals surface area (Å²) in [5, 5.41) is 3.61. The lowest BCUT2D eigenvalue weighted by Crippen LogP contribution is -2.53. The van der Waals surface area contributed by atoms with Crippen LogP contribution in [0.15, 0.2) is 77.3 Å². The van der Waals surface area contributed by atoms with Gasteiger partial charge in [0.15, 0.2) is 0 Å². The van der Waals surface area contributed by atoms with Gasteiger partial charge in [0, 0.05) is 39.6 Å². The van der Waals surface area contributed by atoms with Gasteiger partial charge < -0.3 is 10.2 Å². The molecule has 3 aromatic carbocycles. The first-order chi connectivity index (χ1) is 19.0. The van der Waals surface area contributed by atoms with Crippen molar-refractivity contribution in [2.45, 2.75) is 38.8 Å². The standard InChI is InChI=1S/C29H32BrCl2N3O4S/c1-3-4-17-33-29(37)27(18-21-11-6-5-7-12-21)34(19-22-24(31)14-10-15-25(22)32)28(36)20-35(40(2,38)39)26-16-9-8-13-23(26)30/h5-16,27H,3-4,17-20H2,1-2H3,(H,33,37)/t27-/m0/s1. The van der Waals surface area contributed by atoms with E-state index < -0.39 is 28.5 Å². The predicted octanol–water partition coefficient (Wildman–Crippen LogP) is 6.08. The van der Waals surface area contributed by atoms with Crippen molar-refractivity contribution in [3.8, 4) is 0 Å². The molecule has 1 atom stereocenters. The second-order valence-corrected chi connectivity index (χ2v) is 12.9. The van der Waals surface area contributed by atoms with Gasteiger partial charge in [0.05, 0.1) is 11.9 Å². The quantitative estimate of drug-likeness (QED) is 0.224. The molecule has 40 heavy (non-hydrogen) atoms. The Bertz CT molecular complexity index is 1400. The molecule has 0 fully saturated rings. The summed E-state index contributed by atoms with van der Waals surface area (Å²) in [6, 6.07) is 20.1. The van der Waals surface area contributed by atoms with Gasteiger partial charge in [0.1, 0.15) is 12.6 Å². The normalized spacial score (nSPS) is 12.0. The van der Waals surface area contributed by atoms with E-state index in [4.69, 9.17) is 23.2 Å². The fourth-order valence-corrected chi connectivity index (χ4v) is 6.16. The molecule has 0 aliphatic rings. The molecule has 7 nitrogen and oxygen atoms in total. The van der Waals surface area contributed by atoms with Crippen LogP contribution in [0.2, 0.25) is 10.0 Å². The van der Waals surface area contributed by atoms with Crippen molar-refractivity contribution < 1.29 is 18.0 Å². The number of benzene rings is 3. The van der Waals surface area contributed by atoms with E-state index in [1.54, 1.807) is 42.5 Å². The predicted molar refractivity (Wildman–Crippen MR) is 165 cm³/mol. The van der Waals surface area contributed by atoms with Crippen molar-refractivity contribution >= 4 is 66.7 Å². The average Bonchev–Trinajstić information content (AvgIpc) is 2.91. The van der Waals surface area contributed by atoms with E-state index in [0.717, 1.165) is 29.0 Å². The van der Waals surface area contributed by atoms with Crippen molar-refractivity contribution in [3.63, 3.8) is 0 Å². The van der Waals surface area contributed by atoms with E-state index in [1.165, 1.54) is 4.90 Å². The summed E-state index contributed by atoms with van der Waals surface area (Å²) in [5.41, 5.74) is 1.61. The summed E-state index contributed by atoms with van der Waals surface area (Å²) in [7, 11) is -3.88. The maximum atomic E-state index is 14.1. The first kappa shape index (κ1) is 31.9. The zero-order valence-electron chi connectivity index (χ0n) is 22.3. The molecule has 0 aliphatic heterocycles. The number of nitrogens with one attached hydrogen (secondary N) is 1. The van der Waals surface area contributed by atoms with E-state index in [-0.39, 0.29) is 18.9 Å². The van der Waals surface area contributed by atoms with E-state index >= 15 is 0 Å². The summed E-state index contributed by atoms with van der Waals surface area (Å²) < 4.78 is 27.3. The molecule has 11 heteroatoms. The van der Waals surface area contributed by atoms with Gasteiger partial charge in [0.25, 0.3) is 0 Å². The zero-order valence-corrected chi connectivity index (χ0v) is 26.2. The van der Waals surface area contributed by atoms with Crippen LogP contribution < -0.4 is 9.62 Å². The Kier molecular flexibility index (Phi) is 11.9. The molecule has 3 aromatic rings. The summed E-state index contributed by atoms with van der Waals surface area (Å²) in [4.78, 5) is 29.1. The van der Waals surface area contributed by atoms with Crippen molar-refractivity contribution in [1.82, 2.24) is 10.2 Å². The minimum absolute atomic E-state index is 0.0937. The molecule has 2 amide bonds. The zero-order chi connectivity index (χ0) is 29.3. The third kappa shape index (κ3) is 8.70. The van der Waals surface area contributed by atoms with Crippen LogP contribution in [0.1, 0.15) is 30.9 Å². The summed E-state index contributed by atoms with van der Waals surface area (Å²) in [6.07, 6.45) is 2.91. The van der Waals surface area contributed by atoms with E-state index in [0.29, 0.717) is 32.3 Å². The molecule has 1 N–H and O–H groups in total. The highest BCUT2D eigenvalue weighted by atomic mass is 79.9. The van der Waals surface area contributed by atoms with Gasteiger partial charge in [-0.05, 0) is 52.2 Å². The van der Waals surface area contributed by atoms with Crippen LogP contribution >= 0.6 is 39.1 Å². The number of carbonyl (C=O) groups is 2. The second kappa shape index (κ2) is 14.9. The molecular weight excluding hydrogens is 637 g/mol. The van der Waals surface area contributed by atoms with Crippen molar-refractivity contribution in [2.24, 2.45) is 0 Å². The van der Waals surface area contributed by atoms with Gasteiger partial charge in [-0.25, -0.2) is 8.42 Å². The number of sulfonamides is 1. The minimum Gasteiger partial charge on any atom is -0.354 e. The smallest absolute Gasteiger partial charge is 0.244 e. The minimum atomic E-state index is -3.88. The molecule has 214 valence electrons. The fraction of sp³-hybridized carbons (Fsp3) is 0.310. The van der Waals surface area contributed by atoms with E-state index in [2.05, 4.69) is 21.2 Å². The highest BCUT2D eigenvalue weighted by Crippen LogP contribution is 2.30. The van der Waals surface area contributed by atoms with Crippen molar-refractivity contribution in [1.29, 1.82) is 0 Å². The van der Waals surface area contributed by atoms with Gasteiger partial charge in [-0.3, -0.25) is 13.9 Å². The van der Waals surface area contributed by atoms with Crippen LogP contribution in [-0.2, 0) is 32.6 Å². The van der Waals surface area contributed by atoms with Crippen LogP contribution in [0, 0.1) is 0 Å². The van der Waals surface area contributed by atoms with Gasteiger partial charge in [0.2, 0.25) is 21.8 Å². The Balaban J connectivity index is 2.09. The number of unbranched alkanes of at least 4 members (excludes halogenated alkanes) is 1. The maximum Gasteiger partial charge on any atom is 0.244 e. The first-order valence-electron chi connectivity index (χ1n) is 12.8. The van der Waals surface area contributed by atoms with Crippen molar-refractivity contribution in [2.75, 3.05) is 23.7 Å². The number of halogens is 3. The highest BCUT2D eigenvalue weighted by Gasteiger charge is 2.34. The number of para-hydroxylation sites is 1. The number of hydrogen-bond acceptors (Lipinski definition) is 4. The number of hydrogen-bond donors (Lipinski definition) is 1. The Hall–Kier alpha value is -2.59. The van der Waals surface area contributed by atoms with Gasteiger partial charge in [-0.2, -0.15) is 0 Å². The molecular formula is C29H32BrCl2N3O4S. The number of carbonyl (C=O) groups excluding carboxylic acids is 2. The van der Waals surface area contributed by atoms with E-state index in [1.807, 2.05) is 37.3 Å². The number of rotatable bonds is 13. The molecule has 0 bridgehead atoms. The van der Waals surface area contributed by atoms with Gasteiger partial charge >= 0.3 is 0 Å². The molecule has 0 spiro atoms. The molecule has 0 aliphatic carbocycles. The number of amides is 2. The summed E-state index contributed by atoms with van der Waals surface area (Å²) in [6.45, 7) is 1.84. The number of anilines is 1. The lowest BCUT2D eigenvalue weighted by atomic mass is 10.0. The number of nitrogens with zero attached hydrogens (tertiary/aromatic N) is 2. The molecule has 0 saturated carbocycles. The maximum absolute atomic E-state index is 14.1. The van der Waals surface area contributed by atoms with Crippen LogP contribution in [0.25, 0.3) is 0 Å². The Morgan fingerprint density at radius 1 is 0.950 bits per heavy atom. The molecule has 0 saturated heterocycles. The monoisotopic (exact) mass is 667 g/mol. The SMILES string of the molecule is CCCCNC(=O)[C@H](Cc1ccccc1)N(Cc1c(Cl)cccc1Cl)C(=O)CN(c1ccccc1Br)S(C)(=O)=O. The third-order valence-corrected chi connectivity index (χ3v) is 8.80. The van der Waals surface area contributed by atoms with Gasteiger partial charge in [-0.1, -0.05) is 85.1 Å². The average molecular weight is 669 g/mol. The fourth-order valence-electron chi connectivity index (χ4n) is 4.16. The first-order valence-corrected chi connectivity index (χ1v) is 16.2. The summed E-state index contributed by atoms with van der Waals surface area (Å²) >= 11 is 16.4. The third-order valence-electron chi connectivity index (χ3n) is 6.29. The molecule has 0 heterocycles. The summed E-state index contributed by atoms with van der Waals surface area (Å²) in [5.74, 6) is -0.927. The van der Waals surface area contributed by atoms with Crippen molar-refractivity contribution in [3.05, 3.63) is 98.4 Å². The highest BCUT2D eigenvalue weighted by molar-refractivity contribution is 9.10. The van der Waals surface area contributed by atoms with E-state index in [9.17, 15) is 18.0 Å².